The number of aromatic nitrogens is 2. The molecule has 0 radical (unpaired) electrons. The van der Waals surface area contributed by atoms with Crippen molar-refractivity contribution in [3.63, 3.8) is 0 Å². The molecule has 0 saturated heterocycles. The van der Waals surface area contributed by atoms with Gasteiger partial charge in [0.05, 0.1) is 6.61 Å². The van der Waals surface area contributed by atoms with Crippen LogP contribution in [0, 0.1) is 5.92 Å². The van der Waals surface area contributed by atoms with Gasteiger partial charge >= 0.3 is 0 Å². The highest BCUT2D eigenvalue weighted by molar-refractivity contribution is 5.28. The van der Waals surface area contributed by atoms with E-state index in [0.29, 0.717) is 5.92 Å². The minimum Gasteiger partial charge on any atom is -0.383 e. The molecule has 5 heteroatoms. The largest absolute Gasteiger partial charge is 0.383 e. The fourth-order valence-corrected chi connectivity index (χ4v) is 1.67. The maximum absolute atomic E-state index is 4.97. The van der Waals surface area contributed by atoms with Crippen LogP contribution < -0.4 is 10.2 Å². The quantitative estimate of drug-likeness (QED) is 0.707. The van der Waals surface area contributed by atoms with E-state index in [1.807, 2.05) is 19.4 Å². The number of hydrogen-bond donors (Lipinski definition) is 1. The van der Waals surface area contributed by atoms with Gasteiger partial charge in [0.25, 0.3) is 0 Å². The van der Waals surface area contributed by atoms with Crippen molar-refractivity contribution in [2.75, 3.05) is 38.8 Å². The standard InChI is InChI=1S/C13H24N4O/c1-11(2)10-17(3)13-15-8-12(9-16-13)7-14-5-6-18-4/h8-9,11,14H,5-7,10H2,1-4H3. The zero-order chi connectivity index (χ0) is 13.4. The average molecular weight is 252 g/mol. The summed E-state index contributed by atoms with van der Waals surface area (Å²) < 4.78 is 4.97. The first-order chi connectivity index (χ1) is 8.63. The molecule has 1 aromatic rings. The summed E-state index contributed by atoms with van der Waals surface area (Å²) in [6.45, 7) is 7.67. The normalized spacial score (nSPS) is 10.9. The van der Waals surface area contributed by atoms with E-state index < -0.39 is 0 Å². The molecule has 1 N–H and O–H groups in total. The van der Waals surface area contributed by atoms with E-state index in [9.17, 15) is 0 Å². The molecule has 0 aliphatic carbocycles. The molecule has 0 saturated carbocycles. The SMILES string of the molecule is COCCNCc1cnc(N(C)CC(C)C)nc1. The van der Waals surface area contributed by atoms with Crippen LogP contribution in [0.15, 0.2) is 12.4 Å². The molecule has 0 atom stereocenters. The third-order valence-electron chi connectivity index (χ3n) is 2.48. The van der Waals surface area contributed by atoms with Crippen LogP contribution in [-0.4, -0.2) is 43.8 Å². The predicted molar refractivity (Wildman–Crippen MR) is 73.7 cm³/mol. The molecule has 0 fully saturated rings. The van der Waals surface area contributed by atoms with Gasteiger partial charge in [0.1, 0.15) is 0 Å². The van der Waals surface area contributed by atoms with Crippen molar-refractivity contribution in [3.8, 4) is 0 Å². The Labute approximate surface area is 110 Å². The first-order valence-corrected chi connectivity index (χ1v) is 6.35. The minimum absolute atomic E-state index is 0.606. The van der Waals surface area contributed by atoms with E-state index in [1.165, 1.54) is 0 Å². The third-order valence-corrected chi connectivity index (χ3v) is 2.48. The summed E-state index contributed by atoms with van der Waals surface area (Å²) in [5.74, 6) is 1.39. The first-order valence-electron chi connectivity index (χ1n) is 6.35. The van der Waals surface area contributed by atoms with Crippen LogP contribution >= 0.6 is 0 Å². The van der Waals surface area contributed by atoms with Crippen LogP contribution in [0.5, 0.6) is 0 Å². The van der Waals surface area contributed by atoms with Gasteiger partial charge in [-0.05, 0) is 5.92 Å². The molecule has 18 heavy (non-hydrogen) atoms. The van der Waals surface area contributed by atoms with Gasteiger partial charge in [-0.2, -0.15) is 0 Å². The van der Waals surface area contributed by atoms with Crippen molar-refractivity contribution in [2.45, 2.75) is 20.4 Å². The van der Waals surface area contributed by atoms with Crippen LogP contribution in [0.1, 0.15) is 19.4 Å². The van der Waals surface area contributed by atoms with Crippen molar-refractivity contribution in [1.29, 1.82) is 0 Å². The van der Waals surface area contributed by atoms with E-state index in [4.69, 9.17) is 4.74 Å². The fraction of sp³-hybridized carbons (Fsp3) is 0.692. The monoisotopic (exact) mass is 252 g/mol. The number of hydrogen-bond acceptors (Lipinski definition) is 5. The lowest BCUT2D eigenvalue weighted by atomic mass is 10.2. The van der Waals surface area contributed by atoms with E-state index in [-0.39, 0.29) is 0 Å². The lowest BCUT2D eigenvalue weighted by molar-refractivity contribution is 0.199. The van der Waals surface area contributed by atoms with Gasteiger partial charge in [-0.15, -0.1) is 0 Å². The van der Waals surface area contributed by atoms with Gasteiger partial charge in [-0.25, -0.2) is 9.97 Å². The Hall–Kier alpha value is -1.20. The Morgan fingerprint density at radius 1 is 1.33 bits per heavy atom. The molecular weight excluding hydrogens is 228 g/mol. The van der Waals surface area contributed by atoms with Crippen molar-refractivity contribution >= 4 is 5.95 Å². The second kappa shape index (κ2) is 8.00. The van der Waals surface area contributed by atoms with Gasteiger partial charge in [0, 0.05) is 51.7 Å². The van der Waals surface area contributed by atoms with E-state index in [1.54, 1.807) is 7.11 Å². The summed E-state index contributed by atoms with van der Waals surface area (Å²) in [7, 11) is 3.72. The van der Waals surface area contributed by atoms with Gasteiger partial charge in [0.15, 0.2) is 0 Å². The predicted octanol–water partition coefficient (Wildman–Crippen LogP) is 1.30. The van der Waals surface area contributed by atoms with Gasteiger partial charge in [-0.1, -0.05) is 13.8 Å². The fourth-order valence-electron chi connectivity index (χ4n) is 1.67. The van der Waals surface area contributed by atoms with Gasteiger partial charge < -0.3 is 15.0 Å². The topological polar surface area (TPSA) is 50.3 Å². The van der Waals surface area contributed by atoms with Crippen LogP contribution in [0.2, 0.25) is 0 Å². The highest BCUT2D eigenvalue weighted by atomic mass is 16.5. The molecule has 0 bridgehead atoms. The van der Waals surface area contributed by atoms with Crippen LogP contribution in [0.3, 0.4) is 0 Å². The van der Waals surface area contributed by atoms with E-state index in [0.717, 1.165) is 37.8 Å². The molecule has 1 rings (SSSR count). The maximum Gasteiger partial charge on any atom is 0.225 e. The summed E-state index contributed by atoms with van der Waals surface area (Å²) in [4.78, 5) is 10.8. The molecule has 0 aliphatic rings. The number of nitrogens with one attached hydrogen (secondary N) is 1. The van der Waals surface area contributed by atoms with Crippen LogP contribution in [0.25, 0.3) is 0 Å². The summed E-state index contributed by atoms with van der Waals surface area (Å²) in [5.41, 5.74) is 1.09. The average Bonchev–Trinajstić information content (AvgIpc) is 2.34. The number of anilines is 1. The molecule has 102 valence electrons. The lowest BCUT2D eigenvalue weighted by Gasteiger charge is -2.19. The first kappa shape index (κ1) is 14.9. The molecule has 5 nitrogen and oxygen atoms in total. The molecule has 0 amide bonds. The Bertz CT molecular complexity index is 326. The summed E-state index contributed by atoms with van der Waals surface area (Å²) in [5, 5.41) is 3.26. The Morgan fingerprint density at radius 2 is 2.00 bits per heavy atom. The van der Waals surface area contributed by atoms with Crippen LogP contribution in [0.4, 0.5) is 5.95 Å². The van der Waals surface area contributed by atoms with Crippen LogP contribution in [-0.2, 0) is 11.3 Å². The third kappa shape index (κ3) is 5.42. The van der Waals surface area contributed by atoms with E-state index in [2.05, 4.69) is 34.0 Å². The number of nitrogens with zero attached hydrogens (tertiary/aromatic N) is 3. The second-order valence-electron chi connectivity index (χ2n) is 4.84. The Balaban J connectivity index is 2.42. The van der Waals surface area contributed by atoms with Crippen molar-refractivity contribution < 1.29 is 4.74 Å². The molecule has 0 aromatic carbocycles. The summed E-state index contributed by atoms with van der Waals surface area (Å²) in [6, 6.07) is 0. The molecule has 0 aliphatic heterocycles. The molecule has 0 unspecified atom stereocenters. The van der Waals surface area contributed by atoms with Gasteiger partial charge in [0.2, 0.25) is 5.95 Å². The Kier molecular flexibility index (Phi) is 6.60. The molecule has 1 aromatic heterocycles. The maximum atomic E-state index is 4.97. The number of rotatable bonds is 8. The van der Waals surface area contributed by atoms with Crippen molar-refractivity contribution in [1.82, 2.24) is 15.3 Å². The highest BCUT2D eigenvalue weighted by Gasteiger charge is 2.05. The molecule has 1 heterocycles. The summed E-state index contributed by atoms with van der Waals surface area (Å²) >= 11 is 0. The van der Waals surface area contributed by atoms with Gasteiger partial charge in [-0.3, -0.25) is 0 Å². The lowest BCUT2D eigenvalue weighted by Crippen LogP contribution is -2.24. The smallest absolute Gasteiger partial charge is 0.225 e. The van der Waals surface area contributed by atoms with E-state index >= 15 is 0 Å². The summed E-state index contributed by atoms with van der Waals surface area (Å²) in [6.07, 6.45) is 3.75. The zero-order valence-electron chi connectivity index (χ0n) is 11.8. The number of ether oxygens (including phenoxy) is 1. The van der Waals surface area contributed by atoms with Crippen molar-refractivity contribution in [2.24, 2.45) is 5.92 Å². The zero-order valence-corrected chi connectivity index (χ0v) is 11.8. The second-order valence-corrected chi connectivity index (χ2v) is 4.84. The van der Waals surface area contributed by atoms with Crippen molar-refractivity contribution in [3.05, 3.63) is 18.0 Å². The molecular formula is C13H24N4O. The highest BCUT2D eigenvalue weighted by Crippen LogP contribution is 2.07. The number of methoxy groups -OCH3 is 1. The molecule has 0 spiro atoms. The minimum atomic E-state index is 0.606. The Morgan fingerprint density at radius 3 is 2.56 bits per heavy atom.